The molecule has 0 aliphatic rings. The summed E-state index contributed by atoms with van der Waals surface area (Å²) in [5.41, 5.74) is 2.02. The van der Waals surface area contributed by atoms with Crippen LogP contribution in [0.5, 0.6) is 0 Å². The zero-order chi connectivity index (χ0) is 20.8. The number of halogens is 2. The van der Waals surface area contributed by atoms with Crippen LogP contribution in [-0.2, 0) is 0 Å². The van der Waals surface area contributed by atoms with Crippen molar-refractivity contribution in [2.75, 3.05) is 0 Å². The number of aromatic nitrogens is 5. The van der Waals surface area contributed by atoms with Crippen LogP contribution >= 0.6 is 0 Å². The molecule has 3 aromatic heterocycles. The number of hydrogen-bond donors (Lipinski definition) is 0. The van der Waals surface area contributed by atoms with E-state index in [9.17, 15) is 4.39 Å². The van der Waals surface area contributed by atoms with Gasteiger partial charge < -0.3 is 4.42 Å². The van der Waals surface area contributed by atoms with E-state index in [1.54, 1.807) is 26.2 Å². The summed E-state index contributed by atoms with van der Waals surface area (Å²) in [6.45, 7) is 3.37. The summed E-state index contributed by atoms with van der Waals surface area (Å²) in [7, 11) is 0. The van der Waals surface area contributed by atoms with Crippen molar-refractivity contribution < 1.29 is 13.2 Å². The van der Waals surface area contributed by atoms with Gasteiger partial charge in [-0.3, -0.25) is 0 Å². The summed E-state index contributed by atoms with van der Waals surface area (Å²) in [5, 5.41) is 4.27. The first-order valence-electron chi connectivity index (χ1n) is 9.22. The molecule has 0 unspecified atom stereocenters. The molecular weight excluding hydrogens is 388 g/mol. The lowest BCUT2D eigenvalue weighted by atomic mass is 10.1. The van der Waals surface area contributed by atoms with Crippen LogP contribution in [0.25, 0.3) is 39.6 Å². The molecule has 0 saturated heterocycles. The zero-order valence-corrected chi connectivity index (χ0v) is 16.1. The van der Waals surface area contributed by atoms with Gasteiger partial charge in [-0.2, -0.15) is 4.98 Å². The minimum Gasteiger partial charge on any atom is -0.441 e. The van der Waals surface area contributed by atoms with Gasteiger partial charge in [-0.05, 0) is 24.6 Å². The van der Waals surface area contributed by atoms with E-state index >= 15 is 4.39 Å². The van der Waals surface area contributed by atoms with Crippen LogP contribution in [0.15, 0.2) is 59.3 Å². The van der Waals surface area contributed by atoms with Crippen LogP contribution < -0.4 is 0 Å². The van der Waals surface area contributed by atoms with E-state index in [0.717, 1.165) is 11.1 Å². The van der Waals surface area contributed by atoms with Gasteiger partial charge in [0.25, 0.3) is 5.78 Å². The molecule has 5 rings (SSSR count). The largest absolute Gasteiger partial charge is 0.441 e. The van der Waals surface area contributed by atoms with Crippen molar-refractivity contribution in [3.05, 3.63) is 78.1 Å². The summed E-state index contributed by atoms with van der Waals surface area (Å²) in [5.74, 6) is -0.799. The lowest BCUT2D eigenvalue weighted by molar-refractivity contribution is 0.526. The van der Waals surface area contributed by atoms with Crippen LogP contribution in [-0.4, -0.2) is 24.6 Å². The highest BCUT2D eigenvalue weighted by atomic mass is 19.1. The number of oxazole rings is 1. The lowest BCUT2D eigenvalue weighted by Gasteiger charge is -2.05. The molecule has 0 bridgehead atoms. The molecule has 3 heterocycles. The van der Waals surface area contributed by atoms with Crippen molar-refractivity contribution in [3.63, 3.8) is 0 Å². The Labute approximate surface area is 169 Å². The Morgan fingerprint density at radius 1 is 0.933 bits per heavy atom. The number of benzene rings is 2. The number of hydrogen-bond acceptors (Lipinski definition) is 5. The van der Waals surface area contributed by atoms with Crippen LogP contribution in [0.3, 0.4) is 0 Å². The molecule has 6 nitrogen and oxygen atoms in total. The summed E-state index contributed by atoms with van der Waals surface area (Å²) in [4.78, 5) is 12.6. The molecule has 0 fully saturated rings. The molecule has 2 aromatic carbocycles. The van der Waals surface area contributed by atoms with E-state index in [1.807, 2.05) is 30.3 Å². The molecule has 0 amide bonds. The monoisotopic (exact) mass is 403 g/mol. The van der Waals surface area contributed by atoms with E-state index < -0.39 is 11.6 Å². The molecule has 0 aliphatic heterocycles. The van der Waals surface area contributed by atoms with Gasteiger partial charge in [-0.15, -0.1) is 5.10 Å². The molecule has 0 atom stereocenters. The molecule has 5 aromatic rings. The van der Waals surface area contributed by atoms with Crippen LogP contribution in [0.2, 0.25) is 0 Å². The van der Waals surface area contributed by atoms with Crippen molar-refractivity contribution in [1.82, 2.24) is 24.6 Å². The minimum atomic E-state index is -0.812. The third kappa shape index (κ3) is 2.93. The fourth-order valence-electron chi connectivity index (χ4n) is 3.38. The van der Waals surface area contributed by atoms with Crippen molar-refractivity contribution in [2.45, 2.75) is 13.8 Å². The summed E-state index contributed by atoms with van der Waals surface area (Å²) >= 11 is 0. The van der Waals surface area contributed by atoms with Crippen LogP contribution in [0.1, 0.15) is 11.6 Å². The fourth-order valence-corrected chi connectivity index (χ4v) is 3.38. The van der Waals surface area contributed by atoms with Crippen molar-refractivity contribution in [2.24, 2.45) is 0 Å². The van der Waals surface area contributed by atoms with Gasteiger partial charge in [0.2, 0.25) is 0 Å². The molecule has 0 radical (unpaired) electrons. The van der Waals surface area contributed by atoms with E-state index in [1.165, 1.54) is 16.6 Å². The van der Waals surface area contributed by atoms with E-state index in [-0.39, 0.29) is 28.5 Å². The predicted molar refractivity (Wildman–Crippen MR) is 107 cm³/mol. The molecule has 0 aliphatic carbocycles. The topological polar surface area (TPSA) is 69.1 Å². The first kappa shape index (κ1) is 18.1. The second-order valence-corrected chi connectivity index (χ2v) is 6.82. The lowest BCUT2D eigenvalue weighted by Crippen LogP contribution is -1.96. The smallest absolute Gasteiger partial charge is 0.252 e. The van der Waals surface area contributed by atoms with Crippen LogP contribution in [0.4, 0.5) is 8.78 Å². The predicted octanol–water partition coefficient (Wildman–Crippen LogP) is 5.01. The van der Waals surface area contributed by atoms with Gasteiger partial charge in [-0.1, -0.05) is 30.3 Å². The Bertz CT molecular complexity index is 1390. The second kappa shape index (κ2) is 6.84. The van der Waals surface area contributed by atoms with Gasteiger partial charge in [0.05, 0.1) is 16.8 Å². The zero-order valence-electron chi connectivity index (χ0n) is 16.1. The second-order valence-electron chi connectivity index (χ2n) is 6.82. The fraction of sp³-hybridized carbons (Fsp3) is 0.0909. The van der Waals surface area contributed by atoms with E-state index in [4.69, 9.17) is 4.42 Å². The number of nitrogens with zero attached hydrogens (tertiary/aromatic N) is 5. The van der Waals surface area contributed by atoms with Gasteiger partial charge in [0.1, 0.15) is 11.6 Å². The van der Waals surface area contributed by atoms with Crippen LogP contribution in [0, 0.1) is 25.5 Å². The maximum absolute atomic E-state index is 15.3. The number of aryl methyl sites for hydroxylation is 2. The Morgan fingerprint density at radius 3 is 2.47 bits per heavy atom. The SMILES string of the molecule is Cc1nc(C)c(-c2ccc(F)c(-c3nc4ncc(-c5ccccc5)cn4n3)c2F)o1. The Balaban J connectivity index is 1.65. The molecular formula is C22H15F2N5O. The van der Waals surface area contributed by atoms with Gasteiger partial charge in [0.15, 0.2) is 17.5 Å². The highest BCUT2D eigenvalue weighted by Crippen LogP contribution is 2.34. The van der Waals surface area contributed by atoms with Crippen molar-refractivity contribution >= 4 is 5.78 Å². The Kier molecular flexibility index (Phi) is 4.13. The molecule has 148 valence electrons. The summed E-state index contributed by atoms with van der Waals surface area (Å²) in [6, 6.07) is 12.1. The van der Waals surface area contributed by atoms with Gasteiger partial charge >= 0.3 is 0 Å². The average molecular weight is 403 g/mol. The van der Waals surface area contributed by atoms with Gasteiger partial charge in [0, 0.05) is 24.9 Å². The molecule has 0 N–H and O–H groups in total. The number of fused-ring (bicyclic) bond motifs is 1. The standard InChI is InChI=1S/C22H15F2N5O/c1-12-20(30-13(2)26-12)16-8-9-17(23)18(19(16)24)21-27-22-25-10-15(11-29(22)28-21)14-6-4-3-5-7-14/h3-11H,1-2H3. The first-order chi connectivity index (χ1) is 14.5. The third-order valence-electron chi connectivity index (χ3n) is 4.76. The average Bonchev–Trinajstić information content (AvgIpc) is 3.30. The Hall–Kier alpha value is -3.94. The maximum Gasteiger partial charge on any atom is 0.252 e. The van der Waals surface area contributed by atoms with Crippen molar-refractivity contribution in [3.8, 4) is 33.8 Å². The van der Waals surface area contributed by atoms with E-state index in [2.05, 4.69) is 20.1 Å². The summed E-state index contributed by atoms with van der Waals surface area (Å²) < 4.78 is 36.9. The normalized spacial score (nSPS) is 11.3. The first-order valence-corrected chi connectivity index (χ1v) is 9.22. The highest BCUT2D eigenvalue weighted by molar-refractivity contribution is 5.71. The highest BCUT2D eigenvalue weighted by Gasteiger charge is 2.23. The minimum absolute atomic E-state index is 0.0984. The summed E-state index contributed by atoms with van der Waals surface area (Å²) in [6.07, 6.45) is 3.37. The van der Waals surface area contributed by atoms with Gasteiger partial charge in [-0.25, -0.2) is 23.3 Å². The van der Waals surface area contributed by atoms with Crippen molar-refractivity contribution in [1.29, 1.82) is 0 Å². The molecule has 0 spiro atoms. The number of rotatable bonds is 3. The molecule has 8 heteroatoms. The quantitative estimate of drug-likeness (QED) is 0.424. The molecule has 0 saturated carbocycles. The Morgan fingerprint density at radius 2 is 1.73 bits per heavy atom. The van der Waals surface area contributed by atoms with E-state index in [0.29, 0.717) is 11.6 Å². The molecule has 30 heavy (non-hydrogen) atoms. The third-order valence-corrected chi connectivity index (χ3v) is 4.76. The maximum atomic E-state index is 15.3.